The van der Waals surface area contributed by atoms with Crippen molar-refractivity contribution in [2.75, 3.05) is 6.54 Å². The lowest BCUT2D eigenvalue weighted by Gasteiger charge is -2.27. The van der Waals surface area contributed by atoms with E-state index in [0.717, 1.165) is 19.4 Å². The molecule has 0 saturated carbocycles. The van der Waals surface area contributed by atoms with E-state index in [-0.39, 0.29) is 5.91 Å². The van der Waals surface area contributed by atoms with Gasteiger partial charge in [0.05, 0.1) is 11.8 Å². The Morgan fingerprint density at radius 2 is 2.38 bits per heavy atom. The molecule has 2 heterocycles. The van der Waals surface area contributed by atoms with Gasteiger partial charge in [-0.1, -0.05) is 13.8 Å². The van der Waals surface area contributed by atoms with E-state index in [2.05, 4.69) is 29.8 Å². The van der Waals surface area contributed by atoms with E-state index in [1.807, 2.05) is 4.90 Å². The fraction of sp³-hybridized carbons (Fsp3) is 0.583. The van der Waals surface area contributed by atoms with Crippen LogP contribution in [0.5, 0.6) is 0 Å². The van der Waals surface area contributed by atoms with Crippen LogP contribution < -0.4 is 0 Å². The van der Waals surface area contributed by atoms with Gasteiger partial charge in [0.1, 0.15) is 0 Å². The Labute approximate surface area is 104 Å². The SMILES string of the molecule is CC(C)C1CCCN1C(=O)c1ccoc1Br. The fourth-order valence-electron chi connectivity index (χ4n) is 2.34. The molecule has 16 heavy (non-hydrogen) atoms. The fourth-order valence-corrected chi connectivity index (χ4v) is 2.75. The van der Waals surface area contributed by atoms with Crippen LogP contribution in [0.25, 0.3) is 0 Å². The van der Waals surface area contributed by atoms with Crippen molar-refractivity contribution in [2.45, 2.75) is 32.7 Å². The number of hydrogen-bond donors (Lipinski definition) is 0. The summed E-state index contributed by atoms with van der Waals surface area (Å²) in [5.74, 6) is 0.592. The molecule has 1 aliphatic rings. The van der Waals surface area contributed by atoms with Crippen molar-refractivity contribution >= 4 is 21.8 Å². The van der Waals surface area contributed by atoms with Gasteiger partial charge >= 0.3 is 0 Å². The Morgan fingerprint density at radius 1 is 1.62 bits per heavy atom. The maximum Gasteiger partial charge on any atom is 0.258 e. The van der Waals surface area contributed by atoms with Gasteiger partial charge < -0.3 is 9.32 Å². The second kappa shape index (κ2) is 4.62. The van der Waals surface area contributed by atoms with E-state index in [1.54, 1.807) is 6.07 Å². The lowest BCUT2D eigenvalue weighted by molar-refractivity contribution is 0.0699. The molecule has 1 aromatic rings. The second-order valence-corrected chi connectivity index (χ2v) is 5.28. The monoisotopic (exact) mass is 285 g/mol. The lowest BCUT2D eigenvalue weighted by Crippen LogP contribution is -2.38. The number of carbonyl (C=O) groups excluding carboxylic acids is 1. The minimum atomic E-state index is 0.0804. The Balaban J connectivity index is 2.19. The van der Waals surface area contributed by atoms with Crippen molar-refractivity contribution in [3.63, 3.8) is 0 Å². The van der Waals surface area contributed by atoms with Crippen molar-refractivity contribution < 1.29 is 9.21 Å². The zero-order valence-electron chi connectivity index (χ0n) is 9.57. The van der Waals surface area contributed by atoms with Gasteiger partial charge in [-0.25, -0.2) is 0 Å². The third-order valence-corrected chi connectivity index (χ3v) is 3.79. The summed E-state index contributed by atoms with van der Waals surface area (Å²) in [5.41, 5.74) is 0.632. The number of nitrogens with zero attached hydrogens (tertiary/aromatic N) is 1. The first-order valence-corrected chi connectivity index (χ1v) is 6.44. The highest BCUT2D eigenvalue weighted by Gasteiger charge is 2.32. The summed E-state index contributed by atoms with van der Waals surface area (Å²) in [7, 11) is 0. The smallest absolute Gasteiger partial charge is 0.258 e. The molecule has 1 aromatic heterocycles. The number of carbonyl (C=O) groups is 1. The number of hydrogen-bond acceptors (Lipinski definition) is 2. The van der Waals surface area contributed by atoms with E-state index in [0.29, 0.717) is 22.2 Å². The summed E-state index contributed by atoms with van der Waals surface area (Å²) < 4.78 is 5.64. The van der Waals surface area contributed by atoms with Crippen molar-refractivity contribution in [1.29, 1.82) is 0 Å². The third kappa shape index (κ3) is 2.03. The van der Waals surface area contributed by atoms with Crippen LogP contribution in [0.2, 0.25) is 0 Å². The van der Waals surface area contributed by atoms with Crippen LogP contribution in [-0.4, -0.2) is 23.4 Å². The highest BCUT2D eigenvalue weighted by atomic mass is 79.9. The molecule has 88 valence electrons. The molecule has 4 heteroatoms. The molecule has 1 amide bonds. The van der Waals surface area contributed by atoms with Crippen LogP contribution in [0.1, 0.15) is 37.0 Å². The van der Waals surface area contributed by atoms with Crippen LogP contribution >= 0.6 is 15.9 Å². The largest absolute Gasteiger partial charge is 0.457 e. The van der Waals surface area contributed by atoms with Crippen LogP contribution in [0.3, 0.4) is 0 Å². The Bertz CT molecular complexity index is 386. The van der Waals surface area contributed by atoms with E-state index < -0.39 is 0 Å². The normalized spacial score (nSPS) is 20.8. The molecule has 0 radical (unpaired) electrons. The molecule has 3 nitrogen and oxygen atoms in total. The van der Waals surface area contributed by atoms with Gasteiger partial charge in [-0.2, -0.15) is 0 Å². The topological polar surface area (TPSA) is 33.5 Å². The van der Waals surface area contributed by atoms with Crippen molar-refractivity contribution in [2.24, 2.45) is 5.92 Å². The van der Waals surface area contributed by atoms with Crippen LogP contribution in [-0.2, 0) is 0 Å². The van der Waals surface area contributed by atoms with Gasteiger partial charge in [0.15, 0.2) is 4.67 Å². The summed E-state index contributed by atoms with van der Waals surface area (Å²) in [6.45, 7) is 5.20. The molecule has 0 aromatic carbocycles. The van der Waals surface area contributed by atoms with E-state index in [1.165, 1.54) is 6.26 Å². The van der Waals surface area contributed by atoms with Gasteiger partial charge in [-0.3, -0.25) is 4.79 Å². The number of rotatable bonds is 2. The molecule has 0 spiro atoms. The number of likely N-dealkylation sites (tertiary alicyclic amines) is 1. The standard InChI is InChI=1S/C12H16BrNO2/c1-8(2)10-4-3-6-14(10)12(15)9-5-7-16-11(9)13/h5,7-8,10H,3-4,6H2,1-2H3. The molecule has 1 aliphatic heterocycles. The van der Waals surface area contributed by atoms with Gasteiger partial charge in [-0.15, -0.1) is 0 Å². The zero-order chi connectivity index (χ0) is 11.7. The molecule has 1 saturated heterocycles. The second-order valence-electron chi connectivity index (χ2n) is 4.56. The first-order valence-electron chi connectivity index (χ1n) is 5.65. The third-order valence-electron chi connectivity index (χ3n) is 3.18. The number of amides is 1. The van der Waals surface area contributed by atoms with Crippen molar-refractivity contribution in [1.82, 2.24) is 4.90 Å². The van der Waals surface area contributed by atoms with Crippen LogP contribution in [0.4, 0.5) is 0 Å². The van der Waals surface area contributed by atoms with Crippen molar-refractivity contribution in [3.8, 4) is 0 Å². The van der Waals surface area contributed by atoms with Crippen LogP contribution in [0.15, 0.2) is 21.4 Å². The van der Waals surface area contributed by atoms with Gasteiger partial charge in [0.25, 0.3) is 5.91 Å². The molecule has 1 unspecified atom stereocenters. The highest BCUT2D eigenvalue weighted by Crippen LogP contribution is 2.28. The molecule has 0 aliphatic carbocycles. The molecular formula is C12H16BrNO2. The molecule has 0 bridgehead atoms. The van der Waals surface area contributed by atoms with E-state index in [9.17, 15) is 4.79 Å². The first-order chi connectivity index (χ1) is 7.61. The Hall–Kier alpha value is -0.770. The molecule has 1 atom stereocenters. The minimum Gasteiger partial charge on any atom is -0.457 e. The quantitative estimate of drug-likeness (QED) is 0.835. The predicted molar refractivity (Wildman–Crippen MR) is 65.3 cm³/mol. The minimum absolute atomic E-state index is 0.0804. The maximum absolute atomic E-state index is 12.3. The summed E-state index contributed by atoms with van der Waals surface area (Å²) in [6.07, 6.45) is 3.75. The summed E-state index contributed by atoms with van der Waals surface area (Å²) in [6, 6.07) is 2.09. The Morgan fingerprint density at radius 3 is 2.94 bits per heavy atom. The predicted octanol–water partition coefficient (Wildman–Crippen LogP) is 3.30. The van der Waals surface area contributed by atoms with Crippen molar-refractivity contribution in [3.05, 3.63) is 22.6 Å². The van der Waals surface area contributed by atoms with Gasteiger partial charge in [-0.05, 0) is 40.8 Å². The molecular weight excluding hydrogens is 270 g/mol. The molecule has 2 rings (SSSR count). The molecule has 1 fully saturated rings. The summed E-state index contributed by atoms with van der Waals surface area (Å²) in [4.78, 5) is 14.3. The Kier molecular flexibility index (Phi) is 3.38. The average Bonchev–Trinajstić information content (AvgIpc) is 2.84. The molecule has 0 N–H and O–H groups in total. The lowest BCUT2D eigenvalue weighted by atomic mass is 10.0. The average molecular weight is 286 g/mol. The zero-order valence-corrected chi connectivity index (χ0v) is 11.2. The summed E-state index contributed by atoms with van der Waals surface area (Å²) in [5, 5.41) is 0. The maximum atomic E-state index is 12.3. The first kappa shape index (κ1) is 11.7. The summed E-state index contributed by atoms with van der Waals surface area (Å²) >= 11 is 3.26. The van der Waals surface area contributed by atoms with Gasteiger partial charge in [0, 0.05) is 12.6 Å². The van der Waals surface area contributed by atoms with E-state index >= 15 is 0 Å². The van der Waals surface area contributed by atoms with Gasteiger partial charge in [0.2, 0.25) is 0 Å². The number of halogens is 1. The van der Waals surface area contributed by atoms with Crippen LogP contribution in [0, 0.1) is 5.92 Å². The number of furan rings is 1. The highest BCUT2D eigenvalue weighted by molar-refractivity contribution is 9.10. The van der Waals surface area contributed by atoms with E-state index in [4.69, 9.17) is 4.42 Å².